The van der Waals surface area contributed by atoms with Gasteiger partial charge in [0.05, 0.1) is 0 Å². The second-order valence-corrected chi connectivity index (χ2v) is 5.70. The van der Waals surface area contributed by atoms with E-state index in [-0.39, 0.29) is 12.7 Å². The highest BCUT2D eigenvalue weighted by Crippen LogP contribution is 2.34. The van der Waals surface area contributed by atoms with E-state index in [0.29, 0.717) is 0 Å². The van der Waals surface area contributed by atoms with Gasteiger partial charge in [0.1, 0.15) is 0 Å². The largest absolute Gasteiger partial charge is 0.337 e. The summed E-state index contributed by atoms with van der Waals surface area (Å²) in [6.07, 6.45) is 6.90. The van der Waals surface area contributed by atoms with Crippen molar-refractivity contribution in [2.75, 3.05) is 27.2 Å². The van der Waals surface area contributed by atoms with Crippen LogP contribution in [0.5, 0.6) is 0 Å². The molecule has 0 aromatic heterocycles. The number of hydrogen-bond acceptors (Lipinski definition) is 7. The SMILES string of the molecule is CC.CCN1C=CN(C)C1O[PH](=O)OC1N(C)C=CN1CC. The normalized spacial score (nSPS) is 24.8. The molecule has 0 radical (unpaired) electrons. The van der Waals surface area contributed by atoms with E-state index in [0.717, 1.165) is 13.1 Å². The molecule has 0 aromatic carbocycles. The molecule has 128 valence electrons. The highest BCUT2D eigenvalue weighted by atomic mass is 31.1. The third-order valence-corrected chi connectivity index (χ3v) is 4.19. The van der Waals surface area contributed by atoms with Gasteiger partial charge in [-0.2, -0.15) is 0 Å². The van der Waals surface area contributed by atoms with Crippen LogP contribution in [0.4, 0.5) is 0 Å². The molecule has 0 bridgehead atoms. The highest BCUT2D eigenvalue weighted by Gasteiger charge is 2.29. The van der Waals surface area contributed by atoms with Gasteiger partial charge in [-0.15, -0.1) is 0 Å². The Labute approximate surface area is 134 Å². The van der Waals surface area contributed by atoms with Crippen molar-refractivity contribution in [2.24, 2.45) is 0 Å². The molecule has 7 nitrogen and oxygen atoms in total. The van der Waals surface area contributed by atoms with Gasteiger partial charge in [0.2, 0.25) is 12.7 Å². The molecule has 22 heavy (non-hydrogen) atoms. The predicted molar refractivity (Wildman–Crippen MR) is 88.7 cm³/mol. The van der Waals surface area contributed by atoms with Gasteiger partial charge < -0.3 is 19.6 Å². The molecule has 0 fully saturated rings. The van der Waals surface area contributed by atoms with Crippen molar-refractivity contribution in [3.8, 4) is 0 Å². The van der Waals surface area contributed by atoms with Crippen molar-refractivity contribution < 1.29 is 13.6 Å². The fourth-order valence-corrected chi connectivity index (χ4v) is 3.17. The molecule has 0 spiro atoms. The minimum Gasteiger partial charge on any atom is -0.337 e. The molecule has 0 aromatic rings. The van der Waals surface area contributed by atoms with E-state index >= 15 is 0 Å². The molecular formula is C14H29N4O3P. The number of rotatable bonds is 6. The molecule has 8 heteroatoms. The molecule has 2 atom stereocenters. The third-order valence-electron chi connectivity index (χ3n) is 3.38. The van der Waals surface area contributed by atoms with Crippen LogP contribution in [0.15, 0.2) is 24.8 Å². The predicted octanol–water partition coefficient (Wildman–Crippen LogP) is 2.48. The Kier molecular flexibility index (Phi) is 7.79. The summed E-state index contributed by atoms with van der Waals surface area (Å²) in [7, 11) is 1.16. The van der Waals surface area contributed by atoms with Gasteiger partial charge >= 0.3 is 8.25 Å². The van der Waals surface area contributed by atoms with E-state index in [1.807, 2.05) is 86.2 Å². The Hall–Kier alpha value is -1.17. The quantitative estimate of drug-likeness (QED) is 0.693. The Bertz CT molecular complexity index is 383. The lowest BCUT2D eigenvalue weighted by Gasteiger charge is -2.31. The first kappa shape index (κ1) is 18.9. The van der Waals surface area contributed by atoms with Crippen molar-refractivity contribution in [1.82, 2.24) is 19.6 Å². The van der Waals surface area contributed by atoms with Crippen molar-refractivity contribution in [3.05, 3.63) is 24.8 Å². The second kappa shape index (κ2) is 9.08. The first-order valence-electron chi connectivity index (χ1n) is 7.76. The van der Waals surface area contributed by atoms with Gasteiger partial charge in [-0.25, -0.2) is 0 Å². The van der Waals surface area contributed by atoms with Crippen LogP contribution < -0.4 is 0 Å². The van der Waals surface area contributed by atoms with E-state index < -0.39 is 8.25 Å². The fraction of sp³-hybridized carbons (Fsp3) is 0.714. The Morgan fingerprint density at radius 2 is 1.23 bits per heavy atom. The van der Waals surface area contributed by atoms with E-state index in [2.05, 4.69) is 0 Å². The van der Waals surface area contributed by atoms with Crippen LogP contribution in [0.1, 0.15) is 27.7 Å². The minimum absolute atomic E-state index is 0.360. The average molecular weight is 332 g/mol. The van der Waals surface area contributed by atoms with Crippen LogP contribution in [0.25, 0.3) is 0 Å². The van der Waals surface area contributed by atoms with E-state index in [1.165, 1.54) is 0 Å². The lowest BCUT2D eigenvalue weighted by atomic mass is 10.6. The van der Waals surface area contributed by atoms with Crippen LogP contribution in [0.3, 0.4) is 0 Å². The minimum atomic E-state index is -2.60. The maximum absolute atomic E-state index is 12.1. The highest BCUT2D eigenvalue weighted by molar-refractivity contribution is 7.33. The molecule has 2 aliphatic rings. The molecule has 2 heterocycles. The fourth-order valence-electron chi connectivity index (χ4n) is 2.17. The van der Waals surface area contributed by atoms with Crippen LogP contribution in [0, 0.1) is 0 Å². The zero-order chi connectivity index (χ0) is 16.7. The first-order valence-corrected chi connectivity index (χ1v) is 8.98. The molecular weight excluding hydrogens is 303 g/mol. The zero-order valence-electron chi connectivity index (χ0n) is 14.4. The van der Waals surface area contributed by atoms with Crippen molar-refractivity contribution in [3.63, 3.8) is 0 Å². The summed E-state index contributed by atoms with van der Waals surface area (Å²) in [6, 6.07) is 0. The summed E-state index contributed by atoms with van der Waals surface area (Å²) < 4.78 is 23.3. The number of hydrogen-bond donors (Lipinski definition) is 0. The molecule has 2 unspecified atom stereocenters. The monoisotopic (exact) mass is 332 g/mol. The third kappa shape index (κ3) is 4.41. The van der Waals surface area contributed by atoms with E-state index in [4.69, 9.17) is 9.05 Å². The van der Waals surface area contributed by atoms with Crippen molar-refractivity contribution in [1.29, 1.82) is 0 Å². The van der Waals surface area contributed by atoms with Gasteiger partial charge in [0, 0.05) is 52.0 Å². The summed E-state index contributed by atoms with van der Waals surface area (Å²) in [5.41, 5.74) is 0. The molecule has 0 saturated carbocycles. The molecule has 0 saturated heterocycles. The molecule has 2 aliphatic heterocycles. The standard InChI is InChI=1S/C12H23N4O3P.C2H6/c1-5-15-9-7-13(3)11(15)18-20(17)19-12-14(4)8-10-16(12)6-2;1-2/h7-12,20H,5-6H2,1-4H3;1-2H3. The maximum atomic E-state index is 12.1. The van der Waals surface area contributed by atoms with E-state index in [9.17, 15) is 4.57 Å². The Morgan fingerprint density at radius 3 is 1.55 bits per heavy atom. The topological polar surface area (TPSA) is 48.5 Å². The molecule has 0 amide bonds. The lowest BCUT2D eigenvalue weighted by Crippen LogP contribution is -2.39. The van der Waals surface area contributed by atoms with Gasteiger partial charge in [0.25, 0.3) is 0 Å². The average Bonchev–Trinajstić information content (AvgIpc) is 3.05. The molecule has 0 N–H and O–H groups in total. The number of nitrogens with zero attached hydrogens (tertiary/aromatic N) is 4. The van der Waals surface area contributed by atoms with Crippen LogP contribution in [-0.4, -0.2) is 59.5 Å². The van der Waals surface area contributed by atoms with E-state index in [1.54, 1.807) is 0 Å². The van der Waals surface area contributed by atoms with Crippen molar-refractivity contribution in [2.45, 2.75) is 40.4 Å². The lowest BCUT2D eigenvalue weighted by molar-refractivity contribution is -0.0533. The summed E-state index contributed by atoms with van der Waals surface area (Å²) in [6.45, 7) is 9.61. The zero-order valence-corrected chi connectivity index (χ0v) is 15.4. The second-order valence-electron chi connectivity index (χ2n) is 4.73. The van der Waals surface area contributed by atoms with Gasteiger partial charge in [-0.05, 0) is 13.8 Å². The van der Waals surface area contributed by atoms with Gasteiger partial charge in [-0.1, -0.05) is 13.8 Å². The molecule has 2 rings (SSSR count). The van der Waals surface area contributed by atoms with Crippen molar-refractivity contribution >= 4 is 8.25 Å². The summed E-state index contributed by atoms with van der Waals surface area (Å²) >= 11 is 0. The van der Waals surface area contributed by atoms with Crippen LogP contribution in [0.2, 0.25) is 0 Å². The molecule has 0 aliphatic carbocycles. The van der Waals surface area contributed by atoms with Gasteiger partial charge in [0.15, 0.2) is 0 Å². The Balaban J connectivity index is 0.00000116. The maximum Gasteiger partial charge on any atom is 0.325 e. The summed E-state index contributed by atoms with van der Waals surface area (Å²) in [5, 5.41) is 0. The summed E-state index contributed by atoms with van der Waals surface area (Å²) in [5.74, 6) is 0. The smallest absolute Gasteiger partial charge is 0.325 e. The summed E-state index contributed by atoms with van der Waals surface area (Å²) in [4.78, 5) is 7.65. The Morgan fingerprint density at radius 1 is 0.864 bits per heavy atom. The van der Waals surface area contributed by atoms with Gasteiger partial charge in [-0.3, -0.25) is 13.6 Å². The first-order chi connectivity index (χ1) is 10.6. The van der Waals surface area contributed by atoms with Crippen LogP contribution in [-0.2, 0) is 13.6 Å². The van der Waals surface area contributed by atoms with Crippen LogP contribution >= 0.6 is 8.25 Å².